The summed E-state index contributed by atoms with van der Waals surface area (Å²) in [6.07, 6.45) is 0. The fourth-order valence-electron chi connectivity index (χ4n) is 0.653. The number of hydrogen-bond donors (Lipinski definition) is 2. The van der Waals surface area contributed by atoms with Gasteiger partial charge < -0.3 is 10.8 Å². The molecule has 1 heterocycles. The molecule has 4 heteroatoms. The second-order valence-corrected chi connectivity index (χ2v) is 4.03. The van der Waals surface area contributed by atoms with Gasteiger partial charge >= 0.3 is 0 Å². The molecule has 1 atom stereocenters. The minimum Gasteiger partial charge on any atom is -0.394 e. The SMILES string of the molecule is NC(CO)c1sccc1I. The van der Waals surface area contributed by atoms with E-state index >= 15 is 0 Å². The third kappa shape index (κ3) is 1.69. The molecule has 0 aliphatic heterocycles. The van der Waals surface area contributed by atoms with Crippen molar-refractivity contribution in [3.63, 3.8) is 0 Å². The van der Waals surface area contributed by atoms with Crippen LogP contribution in [0.2, 0.25) is 0 Å². The Morgan fingerprint density at radius 2 is 2.50 bits per heavy atom. The standard InChI is InChI=1S/C6H8INOS/c7-4-1-2-10-6(4)5(8)3-9/h1-2,5,9H,3,8H2. The predicted molar refractivity (Wildman–Crippen MR) is 51.1 cm³/mol. The van der Waals surface area contributed by atoms with Gasteiger partial charge in [-0.25, -0.2) is 0 Å². The summed E-state index contributed by atoms with van der Waals surface area (Å²) in [7, 11) is 0. The summed E-state index contributed by atoms with van der Waals surface area (Å²) in [5, 5.41) is 10.7. The summed E-state index contributed by atoms with van der Waals surface area (Å²) >= 11 is 3.80. The van der Waals surface area contributed by atoms with Crippen molar-refractivity contribution >= 4 is 33.9 Å². The Hall–Kier alpha value is 0.350. The van der Waals surface area contributed by atoms with Crippen molar-refractivity contribution in [2.45, 2.75) is 6.04 Å². The molecule has 0 aromatic carbocycles. The van der Waals surface area contributed by atoms with E-state index in [2.05, 4.69) is 22.6 Å². The first-order chi connectivity index (χ1) is 4.75. The Kier molecular flexibility index (Phi) is 3.09. The summed E-state index contributed by atoms with van der Waals surface area (Å²) in [5.41, 5.74) is 5.60. The van der Waals surface area contributed by atoms with Crippen molar-refractivity contribution in [2.75, 3.05) is 6.61 Å². The molecule has 0 spiro atoms. The lowest BCUT2D eigenvalue weighted by Crippen LogP contribution is -2.13. The highest BCUT2D eigenvalue weighted by molar-refractivity contribution is 14.1. The fourth-order valence-corrected chi connectivity index (χ4v) is 2.64. The maximum absolute atomic E-state index is 8.71. The number of aliphatic hydroxyl groups is 1. The third-order valence-electron chi connectivity index (χ3n) is 1.18. The van der Waals surface area contributed by atoms with Gasteiger partial charge in [0.05, 0.1) is 12.6 Å². The highest BCUT2D eigenvalue weighted by Crippen LogP contribution is 2.23. The largest absolute Gasteiger partial charge is 0.394 e. The summed E-state index contributed by atoms with van der Waals surface area (Å²) in [4.78, 5) is 1.07. The molecule has 10 heavy (non-hydrogen) atoms. The van der Waals surface area contributed by atoms with E-state index in [1.54, 1.807) is 11.3 Å². The highest BCUT2D eigenvalue weighted by Gasteiger charge is 2.08. The van der Waals surface area contributed by atoms with E-state index in [9.17, 15) is 0 Å². The van der Waals surface area contributed by atoms with E-state index in [0.29, 0.717) is 0 Å². The predicted octanol–water partition coefficient (Wildman–Crippen LogP) is 1.34. The van der Waals surface area contributed by atoms with Gasteiger partial charge in [-0.05, 0) is 34.0 Å². The minimum atomic E-state index is -0.202. The molecule has 0 radical (unpaired) electrons. The molecule has 1 aromatic heterocycles. The Bertz CT molecular complexity index is 213. The molecule has 1 aromatic rings. The first-order valence-corrected chi connectivity index (χ1v) is 4.81. The monoisotopic (exact) mass is 269 g/mol. The van der Waals surface area contributed by atoms with Crippen molar-refractivity contribution < 1.29 is 5.11 Å². The van der Waals surface area contributed by atoms with Crippen molar-refractivity contribution in [3.8, 4) is 0 Å². The number of nitrogens with two attached hydrogens (primary N) is 1. The smallest absolute Gasteiger partial charge is 0.0635 e. The summed E-state index contributed by atoms with van der Waals surface area (Å²) < 4.78 is 1.14. The van der Waals surface area contributed by atoms with Crippen LogP contribution in [-0.2, 0) is 0 Å². The number of rotatable bonds is 2. The number of hydrogen-bond acceptors (Lipinski definition) is 3. The van der Waals surface area contributed by atoms with Crippen molar-refractivity contribution in [1.82, 2.24) is 0 Å². The van der Waals surface area contributed by atoms with Crippen LogP contribution < -0.4 is 5.73 Å². The van der Waals surface area contributed by atoms with Gasteiger partial charge in [0.1, 0.15) is 0 Å². The molecule has 56 valence electrons. The Morgan fingerprint density at radius 1 is 1.80 bits per heavy atom. The van der Waals surface area contributed by atoms with Gasteiger partial charge in [-0.3, -0.25) is 0 Å². The van der Waals surface area contributed by atoms with E-state index in [1.807, 2.05) is 11.4 Å². The van der Waals surface area contributed by atoms with Crippen LogP contribution in [0.1, 0.15) is 10.9 Å². The molecule has 1 unspecified atom stereocenters. The van der Waals surface area contributed by atoms with Gasteiger partial charge in [0.2, 0.25) is 0 Å². The van der Waals surface area contributed by atoms with Crippen LogP contribution in [-0.4, -0.2) is 11.7 Å². The van der Waals surface area contributed by atoms with Crippen LogP contribution in [0.4, 0.5) is 0 Å². The lowest BCUT2D eigenvalue weighted by molar-refractivity contribution is 0.269. The van der Waals surface area contributed by atoms with Gasteiger partial charge in [0.25, 0.3) is 0 Å². The molecule has 0 amide bonds. The average Bonchev–Trinajstić information content (AvgIpc) is 2.34. The van der Waals surface area contributed by atoms with E-state index in [4.69, 9.17) is 10.8 Å². The topological polar surface area (TPSA) is 46.2 Å². The highest BCUT2D eigenvalue weighted by atomic mass is 127. The average molecular weight is 269 g/mol. The van der Waals surface area contributed by atoms with Gasteiger partial charge in [-0.1, -0.05) is 0 Å². The van der Waals surface area contributed by atoms with E-state index in [1.165, 1.54) is 0 Å². The summed E-state index contributed by atoms with van der Waals surface area (Å²) in [5.74, 6) is 0. The van der Waals surface area contributed by atoms with Crippen LogP contribution in [0.15, 0.2) is 11.4 Å². The van der Waals surface area contributed by atoms with E-state index < -0.39 is 0 Å². The van der Waals surface area contributed by atoms with Crippen molar-refractivity contribution in [1.29, 1.82) is 0 Å². The zero-order valence-electron chi connectivity index (χ0n) is 5.25. The summed E-state index contributed by atoms with van der Waals surface area (Å²) in [6, 6.07) is 1.79. The molecule has 0 aliphatic rings. The molecular formula is C6H8INOS. The zero-order valence-corrected chi connectivity index (χ0v) is 8.22. The van der Waals surface area contributed by atoms with Gasteiger partial charge in [0, 0.05) is 8.45 Å². The number of halogens is 1. The van der Waals surface area contributed by atoms with Gasteiger partial charge in [0.15, 0.2) is 0 Å². The van der Waals surface area contributed by atoms with E-state index in [-0.39, 0.29) is 12.6 Å². The Balaban J connectivity index is 2.82. The maximum Gasteiger partial charge on any atom is 0.0635 e. The second-order valence-electron chi connectivity index (χ2n) is 1.92. The van der Waals surface area contributed by atoms with Crippen LogP contribution in [0, 0.1) is 3.57 Å². The molecule has 0 fully saturated rings. The minimum absolute atomic E-state index is 0.0243. The van der Waals surface area contributed by atoms with Gasteiger partial charge in [-0.2, -0.15) is 0 Å². The van der Waals surface area contributed by atoms with Gasteiger partial charge in [-0.15, -0.1) is 11.3 Å². The number of aliphatic hydroxyl groups excluding tert-OH is 1. The van der Waals surface area contributed by atoms with Crippen LogP contribution in [0.25, 0.3) is 0 Å². The lowest BCUT2D eigenvalue weighted by atomic mass is 10.3. The number of thiophene rings is 1. The molecule has 0 bridgehead atoms. The van der Waals surface area contributed by atoms with Crippen LogP contribution >= 0.6 is 33.9 Å². The first-order valence-electron chi connectivity index (χ1n) is 2.85. The van der Waals surface area contributed by atoms with Crippen LogP contribution in [0.5, 0.6) is 0 Å². The molecule has 0 saturated heterocycles. The maximum atomic E-state index is 8.71. The Morgan fingerprint density at radius 3 is 2.90 bits per heavy atom. The second kappa shape index (κ2) is 3.66. The fraction of sp³-hybridized carbons (Fsp3) is 0.333. The normalized spacial score (nSPS) is 13.5. The molecular weight excluding hydrogens is 261 g/mol. The van der Waals surface area contributed by atoms with Crippen LogP contribution in [0.3, 0.4) is 0 Å². The molecule has 0 aliphatic carbocycles. The van der Waals surface area contributed by atoms with Crippen molar-refractivity contribution in [3.05, 3.63) is 19.9 Å². The van der Waals surface area contributed by atoms with Crippen molar-refractivity contribution in [2.24, 2.45) is 5.73 Å². The summed E-state index contributed by atoms with van der Waals surface area (Å²) in [6.45, 7) is 0.0243. The third-order valence-corrected chi connectivity index (χ3v) is 3.53. The lowest BCUT2D eigenvalue weighted by Gasteiger charge is -2.04. The quantitative estimate of drug-likeness (QED) is 0.796. The zero-order chi connectivity index (χ0) is 7.56. The molecule has 1 rings (SSSR count). The molecule has 2 nitrogen and oxygen atoms in total. The van der Waals surface area contributed by atoms with E-state index in [0.717, 1.165) is 8.45 Å². The first kappa shape index (κ1) is 8.45. The molecule has 3 N–H and O–H groups in total. The molecule has 0 saturated carbocycles. The Labute approximate surface area is 77.2 Å².